The van der Waals surface area contributed by atoms with Gasteiger partial charge >= 0.3 is 0 Å². The van der Waals surface area contributed by atoms with Gasteiger partial charge in [-0.25, -0.2) is 9.55 Å². The predicted octanol–water partition coefficient (Wildman–Crippen LogP) is 12.1. The second-order valence-electron chi connectivity index (χ2n) is 12.2. The first-order chi connectivity index (χ1) is 18.2. The number of hydrogen-bond acceptors (Lipinski definition) is 0. The smallest absolute Gasteiger partial charge is 0.247 e. The lowest BCUT2D eigenvalue weighted by molar-refractivity contribution is -0.727. The number of nitrogens with one attached hydrogen (secondary N) is 1. The second-order valence-corrected chi connectivity index (χ2v) is 12.2. The minimum Gasteiger partial charge on any atom is -0.247 e. The van der Waals surface area contributed by atoms with Crippen LogP contribution in [0, 0.1) is 0 Å². The molecule has 0 aliphatic rings. The van der Waals surface area contributed by atoms with Crippen LogP contribution in [0.4, 0.5) is 0 Å². The van der Waals surface area contributed by atoms with Crippen LogP contribution in [-0.4, -0.2) is 4.98 Å². The predicted molar refractivity (Wildman–Crippen MR) is 166 cm³/mol. The summed E-state index contributed by atoms with van der Waals surface area (Å²) < 4.78 is 2.61. The highest BCUT2D eigenvalue weighted by Crippen LogP contribution is 2.27. The van der Waals surface area contributed by atoms with Crippen molar-refractivity contribution in [2.75, 3.05) is 0 Å². The lowest BCUT2D eigenvalue weighted by Gasteiger charge is -2.17. The summed E-state index contributed by atoms with van der Waals surface area (Å²) in [4.78, 5) is 3.70. The monoisotopic (exact) mass is 518 g/mol. The zero-order valence-electron chi connectivity index (χ0n) is 26.1. The van der Waals surface area contributed by atoms with Crippen molar-refractivity contribution in [3.63, 3.8) is 0 Å². The van der Waals surface area contributed by atoms with E-state index in [1.165, 1.54) is 173 Å². The highest BCUT2D eigenvalue weighted by molar-refractivity contribution is 4.90. The Kier molecular flexibility index (Phi) is 23.6. The molecule has 2 unspecified atom stereocenters. The lowest BCUT2D eigenvalue weighted by atomic mass is 9.93. The first-order valence-electron chi connectivity index (χ1n) is 17.3. The van der Waals surface area contributed by atoms with E-state index in [1.807, 2.05) is 0 Å². The van der Waals surface area contributed by atoms with Gasteiger partial charge in [0.05, 0.1) is 12.0 Å². The third kappa shape index (κ3) is 18.2. The number of aromatic nitrogens is 2. The molecule has 0 radical (unpaired) electrons. The SMILES string of the molecule is CCCCCCCCCCCCCC(CCCCC)c1[nH]cc[n+]1C(C)CCCCCCCCCCC. The Labute approximate surface area is 234 Å². The molecular weight excluding hydrogens is 448 g/mol. The maximum Gasteiger partial charge on any atom is 0.257 e. The molecule has 218 valence electrons. The van der Waals surface area contributed by atoms with Crippen LogP contribution in [0.15, 0.2) is 12.4 Å². The van der Waals surface area contributed by atoms with E-state index in [0.717, 1.165) is 0 Å². The van der Waals surface area contributed by atoms with E-state index in [9.17, 15) is 0 Å². The Morgan fingerprint density at radius 2 is 0.865 bits per heavy atom. The molecule has 0 saturated carbocycles. The van der Waals surface area contributed by atoms with Crippen molar-refractivity contribution in [2.45, 2.75) is 207 Å². The molecule has 0 saturated heterocycles. The molecule has 2 heteroatoms. The van der Waals surface area contributed by atoms with Gasteiger partial charge in [0, 0.05) is 0 Å². The fraction of sp³-hybridized carbons (Fsp3) is 0.914. The molecule has 0 fully saturated rings. The minimum atomic E-state index is 0.622. The highest BCUT2D eigenvalue weighted by atomic mass is 15.1. The van der Waals surface area contributed by atoms with E-state index in [2.05, 4.69) is 49.6 Å². The molecule has 1 N–H and O–H groups in total. The molecular formula is C35H69N2+. The van der Waals surface area contributed by atoms with Crippen LogP contribution < -0.4 is 4.57 Å². The maximum absolute atomic E-state index is 3.70. The van der Waals surface area contributed by atoms with Crippen LogP contribution in [0.25, 0.3) is 0 Å². The Morgan fingerprint density at radius 3 is 1.32 bits per heavy atom. The summed E-state index contributed by atoms with van der Waals surface area (Å²) >= 11 is 0. The summed E-state index contributed by atoms with van der Waals surface area (Å²) in [5.41, 5.74) is 0. The molecule has 2 nitrogen and oxygen atoms in total. The standard InChI is InChI=1S/C35H68N2/c1-5-8-11-13-15-17-18-20-22-24-27-30-34(29-25-10-7-3)35-36-31-32-37(35)33(4)28-26-23-21-19-16-14-12-9-6-2/h31-34H,5-30H2,1-4H3/p+1. The minimum absolute atomic E-state index is 0.622. The zero-order valence-corrected chi connectivity index (χ0v) is 26.1. The molecule has 37 heavy (non-hydrogen) atoms. The quantitative estimate of drug-likeness (QED) is 0.0842. The Balaban J connectivity index is 2.33. The van der Waals surface area contributed by atoms with Gasteiger partial charge in [0.15, 0.2) is 0 Å². The molecule has 0 aromatic carbocycles. The van der Waals surface area contributed by atoms with Gasteiger partial charge in [-0.05, 0) is 32.6 Å². The molecule has 1 aromatic rings. The van der Waals surface area contributed by atoms with Crippen molar-refractivity contribution in [1.29, 1.82) is 0 Å². The van der Waals surface area contributed by atoms with E-state index in [-0.39, 0.29) is 0 Å². The van der Waals surface area contributed by atoms with Crippen molar-refractivity contribution < 1.29 is 4.57 Å². The molecule has 0 bridgehead atoms. The van der Waals surface area contributed by atoms with Gasteiger partial charge in [-0.1, -0.05) is 162 Å². The topological polar surface area (TPSA) is 19.7 Å². The zero-order chi connectivity index (χ0) is 26.8. The lowest BCUT2D eigenvalue weighted by Crippen LogP contribution is -2.41. The van der Waals surface area contributed by atoms with E-state index >= 15 is 0 Å². The molecule has 0 spiro atoms. The Morgan fingerprint density at radius 1 is 0.514 bits per heavy atom. The first kappa shape index (κ1) is 34.2. The van der Waals surface area contributed by atoms with E-state index in [0.29, 0.717) is 12.0 Å². The average Bonchev–Trinajstić information content (AvgIpc) is 3.40. The van der Waals surface area contributed by atoms with Crippen LogP contribution in [0.2, 0.25) is 0 Å². The molecule has 0 aliphatic carbocycles. The van der Waals surface area contributed by atoms with Crippen LogP contribution in [0.3, 0.4) is 0 Å². The summed E-state index contributed by atoms with van der Waals surface area (Å²) in [5.74, 6) is 2.23. The van der Waals surface area contributed by atoms with Crippen molar-refractivity contribution in [1.82, 2.24) is 4.98 Å². The number of rotatable bonds is 28. The van der Waals surface area contributed by atoms with Crippen LogP contribution in [0.5, 0.6) is 0 Å². The van der Waals surface area contributed by atoms with Gasteiger partial charge in [0.2, 0.25) is 0 Å². The van der Waals surface area contributed by atoms with Gasteiger partial charge in [0.25, 0.3) is 5.82 Å². The largest absolute Gasteiger partial charge is 0.257 e. The maximum atomic E-state index is 3.70. The Hall–Kier alpha value is -0.790. The van der Waals surface area contributed by atoms with Crippen molar-refractivity contribution in [3.05, 3.63) is 18.2 Å². The third-order valence-corrected chi connectivity index (χ3v) is 8.64. The molecule has 0 amide bonds. The van der Waals surface area contributed by atoms with Crippen molar-refractivity contribution in [2.24, 2.45) is 0 Å². The van der Waals surface area contributed by atoms with Crippen LogP contribution in [-0.2, 0) is 0 Å². The molecule has 1 heterocycles. The van der Waals surface area contributed by atoms with Gasteiger partial charge in [-0.15, -0.1) is 0 Å². The number of aromatic amines is 1. The summed E-state index contributed by atoms with van der Waals surface area (Å²) in [5, 5.41) is 0. The number of imidazole rings is 1. The fourth-order valence-corrected chi connectivity index (χ4v) is 6.07. The number of H-pyrrole nitrogens is 1. The highest BCUT2D eigenvalue weighted by Gasteiger charge is 2.25. The van der Waals surface area contributed by atoms with Crippen molar-refractivity contribution >= 4 is 0 Å². The first-order valence-corrected chi connectivity index (χ1v) is 17.3. The summed E-state index contributed by atoms with van der Waals surface area (Å²) in [6, 6.07) is 0.622. The van der Waals surface area contributed by atoms with E-state index in [1.54, 1.807) is 0 Å². The molecule has 1 aromatic heterocycles. The third-order valence-electron chi connectivity index (χ3n) is 8.64. The van der Waals surface area contributed by atoms with Crippen molar-refractivity contribution in [3.8, 4) is 0 Å². The van der Waals surface area contributed by atoms with Gasteiger partial charge < -0.3 is 0 Å². The summed E-state index contributed by atoms with van der Waals surface area (Å²) in [6.07, 6.45) is 41.3. The molecule has 0 aliphatic heterocycles. The van der Waals surface area contributed by atoms with Crippen LogP contribution in [0.1, 0.15) is 212 Å². The van der Waals surface area contributed by atoms with Crippen LogP contribution >= 0.6 is 0 Å². The summed E-state index contributed by atoms with van der Waals surface area (Å²) in [7, 11) is 0. The number of nitrogens with zero attached hydrogens (tertiary/aromatic N) is 1. The van der Waals surface area contributed by atoms with Gasteiger partial charge in [-0.2, -0.15) is 0 Å². The van der Waals surface area contributed by atoms with E-state index in [4.69, 9.17) is 0 Å². The molecule has 2 atom stereocenters. The number of hydrogen-bond donors (Lipinski definition) is 1. The average molecular weight is 518 g/mol. The second kappa shape index (κ2) is 25.5. The normalized spacial score (nSPS) is 13.3. The van der Waals surface area contributed by atoms with Gasteiger partial charge in [-0.3, -0.25) is 0 Å². The van der Waals surface area contributed by atoms with Gasteiger partial charge in [0.1, 0.15) is 12.4 Å². The Bertz CT molecular complexity index is 578. The summed E-state index contributed by atoms with van der Waals surface area (Å²) in [6.45, 7) is 9.40. The number of unbranched alkanes of at least 4 members (excludes halogenated alkanes) is 20. The fourth-order valence-electron chi connectivity index (χ4n) is 6.07. The molecule has 1 rings (SSSR count). The van der Waals surface area contributed by atoms with E-state index < -0.39 is 0 Å².